The summed E-state index contributed by atoms with van der Waals surface area (Å²) in [6.07, 6.45) is 1.96. The van der Waals surface area contributed by atoms with E-state index in [0.717, 1.165) is 23.5 Å². The molecule has 3 heteroatoms. The summed E-state index contributed by atoms with van der Waals surface area (Å²) in [5.41, 5.74) is 3.50. The van der Waals surface area contributed by atoms with E-state index >= 15 is 0 Å². The molecule has 2 aromatic carbocycles. The van der Waals surface area contributed by atoms with Gasteiger partial charge in [0.1, 0.15) is 5.75 Å². The summed E-state index contributed by atoms with van der Waals surface area (Å²) in [5.74, 6) is 0.884. The van der Waals surface area contributed by atoms with Crippen molar-refractivity contribution in [3.8, 4) is 5.75 Å². The van der Waals surface area contributed by atoms with Gasteiger partial charge in [0.05, 0.1) is 18.3 Å². The second-order valence-corrected chi connectivity index (χ2v) is 4.45. The van der Waals surface area contributed by atoms with Gasteiger partial charge in [0.15, 0.2) is 0 Å². The molecule has 0 saturated carbocycles. The highest BCUT2D eigenvalue weighted by atomic mass is 16.5. The van der Waals surface area contributed by atoms with E-state index in [1.807, 2.05) is 18.3 Å². The number of fused-ring (bicyclic) bond motifs is 1. The lowest BCUT2D eigenvalue weighted by molar-refractivity contribution is 0.414. The van der Waals surface area contributed by atoms with Gasteiger partial charge in [-0.2, -0.15) is 0 Å². The van der Waals surface area contributed by atoms with Crippen LogP contribution in [0, 0.1) is 0 Å². The van der Waals surface area contributed by atoms with E-state index in [-0.39, 0.29) is 0 Å². The second-order valence-electron chi connectivity index (χ2n) is 4.45. The van der Waals surface area contributed by atoms with Crippen molar-refractivity contribution in [2.75, 3.05) is 12.4 Å². The van der Waals surface area contributed by atoms with Gasteiger partial charge in [0.25, 0.3) is 0 Å². The van der Waals surface area contributed by atoms with Crippen LogP contribution in [-0.4, -0.2) is 12.1 Å². The lowest BCUT2D eigenvalue weighted by atomic mass is 10.2. The normalized spacial score (nSPS) is 10.6. The van der Waals surface area contributed by atoms with Crippen molar-refractivity contribution in [1.82, 2.24) is 4.98 Å². The average Bonchev–Trinajstić information content (AvgIpc) is 2.94. The van der Waals surface area contributed by atoms with Crippen molar-refractivity contribution in [1.29, 1.82) is 0 Å². The topological polar surface area (TPSA) is 37.0 Å². The van der Waals surface area contributed by atoms with Crippen LogP contribution < -0.4 is 10.1 Å². The smallest absolute Gasteiger partial charge is 0.118 e. The number of ether oxygens (including phenoxy) is 1. The first-order valence-corrected chi connectivity index (χ1v) is 6.30. The molecule has 0 aliphatic rings. The molecule has 96 valence electrons. The van der Waals surface area contributed by atoms with Gasteiger partial charge < -0.3 is 15.0 Å². The average molecular weight is 252 g/mol. The third kappa shape index (κ3) is 2.40. The number of rotatable bonds is 4. The van der Waals surface area contributed by atoms with Crippen molar-refractivity contribution in [3.05, 3.63) is 60.3 Å². The molecule has 0 radical (unpaired) electrons. The summed E-state index contributed by atoms with van der Waals surface area (Å²) in [6.45, 7) is 0.794. The molecule has 0 spiro atoms. The van der Waals surface area contributed by atoms with Gasteiger partial charge in [-0.3, -0.25) is 0 Å². The maximum absolute atomic E-state index is 5.15. The van der Waals surface area contributed by atoms with Crippen molar-refractivity contribution in [2.24, 2.45) is 0 Å². The van der Waals surface area contributed by atoms with Gasteiger partial charge in [-0.15, -0.1) is 0 Å². The van der Waals surface area contributed by atoms with E-state index in [9.17, 15) is 0 Å². The summed E-state index contributed by atoms with van der Waals surface area (Å²) in [7, 11) is 1.68. The molecular weight excluding hydrogens is 236 g/mol. The Labute approximate surface area is 112 Å². The maximum Gasteiger partial charge on any atom is 0.118 e. The van der Waals surface area contributed by atoms with Gasteiger partial charge in [-0.05, 0) is 29.8 Å². The Bertz CT molecular complexity index is 671. The van der Waals surface area contributed by atoms with Gasteiger partial charge >= 0.3 is 0 Å². The molecular formula is C16H16N2O. The number of nitrogens with one attached hydrogen (secondary N) is 2. The van der Waals surface area contributed by atoms with Crippen LogP contribution in [0.25, 0.3) is 10.9 Å². The SMILES string of the molecule is COc1ccc(CNc2cccc3cc[nH]c23)cc1. The molecule has 0 amide bonds. The van der Waals surface area contributed by atoms with E-state index in [4.69, 9.17) is 4.74 Å². The Kier molecular flexibility index (Phi) is 3.11. The minimum atomic E-state index is 0.794. The third-order valence-corrected chi connectivity index (χ3v) is 3.23. The van der Waals surface area contributed by atoms with Crippen molar-refractivity contribution < 1.29 is 4.74 Å². The number of aromatic amines is 1. The van der Waals surface area contributed by atoms with Gasteiger partial charge in [0, 0.05) is 18.1 Å². The molecule has 0 aliphatic carbocycles. The summed E-state index contributed by atoms with van der Waals surface area (Å²) in [4.78, 5) is 3.26. The highest BCUT2D eigenvalue weighted by Crippen LogP contribution is 2.22. The molecule has 3 aromatic rings. The molecule has 0 aliphatic heterocycles. The summed E-state index contributed by atoms with van der Waals surface area (Å²) in [5, 5.41) is 4.68. The number of methoxy groups -OCH3 is 1. The molecule has 3 rings (SSSR count). The lowest BCUT2D eigenvalue weighted by Gasteiger charge is -2.08. The number of anilines is 1. The number of hydrogen-bond acceptors (Lipinski definition) is 2. The number of benzene rings is 2. The molecule has 0 saturated heterocycles. The molecule has 1 heterocycles. The quantitative estimate of drug-likeness (QED) is 0.741. The van der Waals surface area contributed by atoms with E-state index < -0.39 is 0 Å². The predicted octanol–water partition coefficient (Wildman–Crippen LogP) is 3.79. The van der Waals surface area contributed by atoms with Gasteiger partial charge in [-0.1, -0.05) is 24.3 Å². The van der Waals surface area contributed by atoms with Crippen molar-refractivity contribution in [3.63, 3.8) is 0 Å². The van der Waals surface area contributed by atoms with Crippen LogP contribution in [0.3, 0.4) is 0 Å². The molecule has 0 atom stereocenters. The first kappa shape index (κ1) is 11.7. The fourth-order valence-electron chi connectivity index (χ4n) is 2.17. The molecule has 0 bridgehead atoms. The fourth-order valence-corrected chi connectivity index (χ4v) is 2.17. The highest BCUT2D eigenvalue weighted by Gasteiger charge is 2.01. The van der Waals surface area contributed by atoms with Crippen LogP contribution in [0.5, 0.6) is 5.75 Å². The Morgan fingerprint density at radius 1 is 1.05 bits per heavy atom. The zero-order valence-electron chi connectivity index (χ0n) is 10.8. The van der Waals surface area contributed by atoms with E-state index in [2.05, 4.69) is 46.7 Å². The van der Waals surface area contributed by atoms with Gasteiger partial charge in [0.2, 0.25) is 0 Å². The first-order valence-electron chi connectivity index (χ1n) is 6.30. The van der Waals surface area contributed by atoms with Crippen molar-refractivity contribution in [2.45, 2.75) is 6.54 Å². The molecule has 19 heavy (non-hydrogen) atoms. The summed E-state index contributed by atoms with van der Waals surface area (Å²) >= 11 is 0. The van der Waals surface area contributed by atoms with Crippen LogP contribution in [0.2, 0.25) is 0 Å². The fraction of sp³-hybridized carbons (Fsp3) is 0.125. The second kappa shape index (κ2) is 5.06. The standard InChI is InChI=1S/C16H16N2O/c1-19-14-7-5-12(6-8-14)11-18-15-4-2-3-13-9-10-17-16(13)15/h2-10,17-18H,11H2,1H3. The van der Waals surface area contributed by atoms with E-state index in [0.29, 0.717) is 0 Å². The largest absolute Gasteiger partial charge is 0.497 e. The number of hydrogen-bond donors (Lipinski definition) is 2. The minimum absolute atomic E-state index is 0.794. The molecule has 2 N–H and O–H groups in total. The Morgan fingerprint density at radius 2 is 1.89 bits per heavy atom. The predicted molar refractivity (Wildman–Crippen MR) is 78.6 cm³/mol. The first-order chi connectivity index (χ1) is 9.36. The van der Waals surface area contributed by atoms with Crippen molar-refractivity contribution >= 4 is 16.6 Å². The van der Waals surface area contributed by atoms with Crippen LogP contribution >= 0.6 is 0 Å². The number of H-pyrrole nitrogens is 1. The highest BCUT2D eigenvalue weighted by molar-refractivity contribution is 5.90. The van der Waals surface area contributed by atoms with Gasteiger partial charge in [-0.25, -0.2) is 0 Å². The molecule has 0 unspecified atom stereocenters. The lowest BCUT2D eigenvalue weighted by Crippen LogP contribution is -1.99. The zero-order chi connectivity index (χ0) is 13.1. The van der Waals surface area contributed by atoms with Crippen LogP contribution in [0.1, 0.15) is 5.56 Å². The monoisotopic (exact) mass is 252 g/mol. The summed E-state index contributed by atoms with van der Waals surface area (Å²) in [6, 6.07) is 16.4. The third-order valence-electron chi connectivity index (χ3n) is 3.23. The minimum Gasteiger partial charge on any atom is -0.497 e. The maximum atomic E-state index is 5.15. The Hall–Kier alpha value is -2.42. The van der Waals surface area contributed by atoms with Crippen LogP contribution in [0.4, 0.5) is 5.69 Å². The van der Waals surface area contributed by atoms with Crippen LogP contribution in [-0.2, 0) is 6.54 Å². The Balaban J connectivity index is 1.76. The van der Waals surface area contributed by atoms with E-state index in [1.54, 1.807) is 7.11 Å². The molecule has 1 aromatic heterocycles. The zero-order valence-corrected chi connectivity index (χ0v) is 10.8. The van der Waals surface area contributed by atoms with E-state index in [1.165, 1.54) is 10.9 Å². The Morgan fingerprint density at radius 3 is 2.68 bits per heavy atom. The molecule has 0 fully saturated rings. The number of para-hydroxylation sites is 1. The molecule has 3 nitrogen and oxygen atoms in total. The summed E-state index contributed by atoms with van der Waals surface area (Å²) < 4.78 is 5.15. The number of aromatic nitrogens is 1. The van der Waals surface area contributed by atoms with Crippen LogP contribution in [0.15, 0.2) is 54.7 Å².